The number of rotatable bonds is 11. The molecule has 3 aromatic rings. The molecule has 1 N–H and O–H groups in total. The molecule has 1 aliphatic carbocycles. The Kier molecular flexibility index (Phi) is 9.86. The van der Waals surface area contributed by atoms with Crippen LogP contribution in [0.2, 0.25) is 0 Å². The number of benzene rings is 3. The van der Waals surface area contributed by atoms with Crippen molar-refractivity contribution in [3.63, 3.8) is 0 Å². The Hall–Kier alpha value is -3.65. The van der Waals surface area contributed by atoms with Gasteiger partial charge in [0.15, 0.2) is 0 Å². The van der Waals surface area contributed by atoms with Crippen LogP contribution in [-0.2, 0) is 32.6 Å². The lowest BCUT2D eigenvalue weighted by Crippen LogP contribution is -2.54. The van der Waals surface area contributed by atoms with Crippen molar-refractivity contribution in [2.75, 3.05) is 17.1 Å². The third-order valence-corrected chi connectivity index (χ3v) is 9.10. The van der Waals surface area contributed by atoms with E-state index in [1.807, 2.05) is 81.4 Å². The molecule has 0 radical (unpaired) electrons. The number of hydrogen-bond donors (Lipinski definition) is 1. The van der Waals surface area contributed by atoms with E-state index in [0.29, 0.717) is 12.1 Å². The van der Waals surface area contributed by atoms with E-state index in [1.165, 1.54) is 0 Å². The quantitative estimate of drug-likeness (QED) is 0.346. The van der Waals surface area contributed by atoms with E-state index in [0.717, 1.165) is 64.1 Å². The van der Waals surface area contributed by atoms with Crippen LogP contribution < -0.4 is 9.62 Å². The molecule has 1 unspecified atom stereocenters. The highest BCUT2D eigenvalue weighted by molar-refractivity contribution is 7.92. The molecule has 8 heteroatoms. The third kappa shape index (κ3) is 7.97. The number of hydrogen-bond acceptors (Lipinski definition) is 4. The van der Waals surface area contributed by atoms with E-state index in [-0.39, 0.29) is 18.5 Å². The van der Waals surface area contributed by atoms with Crippen molar-refractivity contribution in [3.8, 4) is 0 Å². The van der Waals surface area contributed by atoms with Crippen molar-refractivity contribution in [3.05, 3.63) is 101 Å². The molecule has 3 aromatic carbocycles. The van der Waals surface area contributed by atoms with Crippen molar-refractivity contribution < 1.29 is 18.0 Å². The van der Waals surface area contributed by atoms with Gasteiger partial charge in [-0.1, -0.05) is 85.1 Å². The van der Waals surface area contributed by atoms with Gasteiger partial charge in [0.2, 0.25) is 21.8 Å². The number of aryl methyl sites for hydroxylation is 2. The molecule has 0 aromatic heterocycles. The number of sulfonamides is 1. The summed E-state index contributed by atoms with van der Waals surface area (Å²) in [5.41, 5.74) is 5.06. The van der Waals surface area contributed by atoms with Crippen LogP contribution >= 0.6 is 0 Å². The molecule has 0 heterocycles. The predicted molar refractivity (Wildman–Crippen MR) is 164 cm³/mol. The van der Waals surface area contributed by atoms with E-state index in [2.05, 4.69) is 5.32 Å². The first-order chi connectivity index (χ1) is 19.5. The monoisotopic (exact) mass is 575 g/mol. The summed E-state index contributed by atoms with van der Waals surface area (Å²) in [6, 6.07) is 22.2. The standard InChI is InChI=1S/C33H41N3O4S/c1-24-17-19-28(20-18-24)22-35(32(37)23-36(41(4,39)40)30-16-10-11-25(2)26(30)3)31(21-27-12-6-5-7-13-27)33(38)34-29-14-8-9-15-29/h5-7,10-13,16-20,29,31H,8-9,14-15,21-23H2,1-4H3,(H,34,38). The van der Waals surface area contributed by atoms with E-state index < -0.39 is 28.5 Å². The van der Waals surface area contributed by atoms with Crippen LogP contribution in [0.3, 0.4) is 0 Å². The maximum Gasteiger partial charge on any atom is 0.244 e. The highest BCUT2D eigenvalue weighted by atomic mass is 32.2. The van der Waals surface area contributed by atoms with E-state index >= 15 is 0 Å². The zero-order valence-electron chi connectivity index (χ0n) is 24.5. The first-order valence-corrected chi connectivity index (χ1v) is 16.1. The summed E-state index contributed by atoms with van der Waals surface area (Å²) in [6.45, 7) is 5.53. The summed E-state index contributed by atoms with van der Waals surface area (Å²) in [5, 5.41) is 3.20. The average Bonchev–Trinajstić information content (AvgIpc) is 3.45. The number of nitrogens with one attached hydrogen (secondary N) is 1. The van der Waals surface area contributed by atoms with Crippen molar-refractivity contribution in [2.45, 2.75) is 71.5 Å². The number of nitrogens with zero attached hydrogens (tertiary/aromatic N) is 2. The molecular weight excluding hydrogens is 534 g/mol. The van der Waals surface area contributed by atoms with Crippen LogP contribution in [0.1, 0.15) is 53.5 Å². The lowest BCUT2D eigenvalue weighted by atomic mass is 10.0. The van der Waals surface area contributed by atoms with Gasteiger partial charge in [0.1, 0.15) is 12.6 Å². The van der Waals surface area contributed by atoms with Crippen LogP contribution in [0, 0.1) is 20.8 Å². The first-order valence-electron chi connectivity index (χ1n) is 14.3. The zero-order chi connectivity index (χ0) is 29.6. The molecule has 0 aliphatic heterocycles. The fraction of sp³-hybridized carbons (Fsp3) is 0.394. The lowest BCUT2D eigenvalue weighted by molar-refractivity contribution is -0.140. The molecule has 4 rings (SSSR count). The molecule has 1 atom stereocenters. The van der Waals surface area contributed by atoms with Crippen LogP contribution in [0.25, 0.3) is 0 Å². The summed E-state index contributed by atoms with van der Waals surface area (Å²) in [6.07, 6.45) is 5.41. The van der Waals surface area contributed by atoms with Crippen molar-refractivity contribution in [1.82, 2.24) is 10.2 Å². The topological polar surface area (TPSA) is 86.8 Å². The molecular formula is C33H41N3O4S. The van der Waals surface area contributed by atoms with Crippen molar-refractivity contribution in [1.29, 1.82) is 0 Å². The van der Waals surface area contributed by atoms with Crippen LogP contribution in [-0.4, -0.2) is 50.0 Å². The number of carbonyl (C=O) groups is 2. The maximum absolute atomic E-state index is 14.3. The van der Waals surface area contributed by atoms with Gasteiger partial charge in [0.05, 0.1) is 11.9 Å². The Morgan fingerprint density at radius 2 is 1.54 bits per heavy atom. The summed E-state index contributed by atoms with van der Waals surface area (Å²) >= 11 is 0. The Labute approximate surface area is 244 Å². The average molecular weight is 576 g/mol. The van der Waals surface area contributed by atoms with Gasteiger partial charge in [-0.3, -0.25) is 13.9 Å². The minimum Gasteiger partial charge on any atom is -0.352 e. The van der Waals surface area contributed by atoms with E-state index in [9.17, 15) is 18.0 Å². The van der Waals surface area contributed by atoms with Gasteiger partial charge < -0.3 is 10.2 Å². The number of carbonyl (C=O) groups excluding carboxylic acids is 2. The fourth-order valence-electron chi connectivity index (χ4n) is 5.41. The van der Waals surface area contributed by atoms with Crippen LogP contribution in [0.5, 0.6) is 0 Å². The van der Waals surface area contributed by atoms with Gasteiger partial charge in [-0.2, -0.15) is 0 Å². The Bertz CT molecular complexity index is 1450. The minimum absolute atomic E-state index is 0.0829. The number of anilines is 1. The largest absolute Gasteiger partial charge is 0.352 e. The molecule has 1 aliphatic rings. The van der Waals surface area contributed by atoms with Gasteiger partial charge in [0, 0.05) is 19.0 Å². The van der Waals surface area contributed by atoms with Gasteiger partial charge in [-0.15, -0.1) is 0 Å². The summed E-state index contributed by atoms with van der Waals surface area (Å²) in [4.78, 5) is 29.7. The highest BCUT2D eigenvalue weighted by Gasteiger charge is 2.34. The van der Waals surface area contributed by atoms with Crippen molar-refractivity contribution in [2.24, 2.45) is 0 Å². The molecule has 218 valence electrons. The molecule has 0 bridgehead atoms. The summed E-state index contributed by atoms with van der Waals surface area (Å²) in [7, 11) is -3.80. The molecule has 0 spiro atoms. The van der Waals surface area contributed by atoms with Gasteiger partial charge in [-0.05, 0) is 61.9 Å². The molecule has 7 nitrogen and oxygen atoms in total. The molecule has 41 heavy (non-hydrogen) atoms. The third-order valence-electron chi connectivity index (χ3n) is 7.97. The minimum atomic E-state index is -3.80. The molecule has 1 saturated carbocycles. The normalized spacial score (nSPS) is 14.4. The summed E-state index contributed by atoms with van der Waals surface area (Å²) < 4.78 is 27.3. The summed E-state index contributed by atoms with van der Waals surface area (Å²) in [5.74, 6) is -0.640. The van der Waals surface area contributed by atoms with Gasteiger partial charge in [0.25, 0.3) is 0 Å². The zero-order valence-corrected chi connectivity index (χ0v) is 25.3. The maximum atomic E-state index is 14.3. The Balaban J connectivity index is 1.74. The second-order valence-corrected chi connectivity index (χ2v) is 13.1. The van der Waals surface area contributed by atoms with Gasteiger partial charge in [-0.25, -0.2) is 8.42 Å². The number of amides is 2. The van der Waals surface area contributed by atoms with Crippen molar-refractivity contribution >= 4 is 27.5 Å². The Morgan fingerprint density at radius 1 is 0.878 bits per heavy atom. The first kappa shape index (κ1) is 30.3. The smallest absolute Gasteiger partial charge is 0.244 e. The molecule has 0 saturated heterocycles. The predicted octanol–water partition coefficient (Wildman–Crippen LogP) is 5.08. The van der Waals surface area contributed by atoms with Crippen LogP contribution in [0.15, 0.2) is 72.8 Å². The molecule has 2 amide bonds. The fourth-order valence-corrected chi connectivity index (χ4v) is 6.31. The van der Waals surface area contributed by atoms with E-state index in [4.69, 9.17) is 0 Å². The van der Waals surface area contributed by atoms with Crippen LogP contribution in [0.4, 0.5) is 5.69 Å². The second-order valence-electron chi connectivity index (χ2n) is 11.2. The molecule has 1 fully saturated rings. The SMILES string of the molecule is Cc1ccc(CN(C(=O)CN(c2cccc(C)c2C)S(C)(=O)=O)C(Cc2ccccc2)C(=O)NC2CCCC2)cc1. The highest BCUT2D eigenvalue weighted by Crippen LogP contribution is 2.26. The van der Waals surface area contributed by atoms with Gasteiger partial charge >= 0.3 is 0 Å². The second kappa shape index (κ2) is 13.3. The van der Waals surface area contributed by atoms with E-state index in [1.54, 1.807) is 17.0 Å². The lowest BCUT2D eigenvalue weighted by Gasteiger charge is -2.34. The Morgan fingerprint density at radius 3 is 2.17 bits per heavy atom.